The first-order valence-electron chi connectivity index (χ1n) is 7.18. The number of carbonyl (C=O) groups is 2. The highest BCUT2D eigenvalue weighted by atomic mass is 32.1. The monoisotopic (exact) mass is 349 g/mol. The fourth-order valence-corrected chi connectivity index (χ4v) is 3.03. The van der Waals surface area contributed by atoms with E-state index in [9.17, 15) is 9.59 Å². The van der Waals surface area contributed by atoms with Gasteiger partial charge in [-0.25, -0.2) is 14.6 Å². The van der Waals surface area contributed by atoms with E-state index >= 15 is 0 Å². The van der Waals surface area contributed by atoms with Crippen molar-refractivity contribution in [1.82, 2.24) is 4.98 Å². The number of benzene rings is 1. The minimum absolute atomic E-state index is 0.157. The van der Waals surface area contributed by atoms with Crippen molar-refractivity contribution in [2.45, 2.75) is 12.5 Å². The Bertz CT molecular complexity index is 772. The van der Waals surface area contributed by atoms with E-state index in [1.807, 2.05) is 6.07 Å². The molecule has 1 unspecified atom stereocenters. The second-order valence-electron chi connectivity index (χ2n) is 4.96. The number of hydrogen-bond donors (Lipinski definition) is 0. The summed E-state index contributed by atoms with van der Waals surface area (Å²) < 4.78 is 20.3. The van der Waals surface area contributed by atoms with E-state index in [0.717, 1.165) is 5.56 Å². The van der Waals surface area contributed by atoms with Gasteiger partial charge in [-0.1, -0.05) is 0 Å². The molecule has 1 aromatic carbocycles. The van der Waals surface area contributed by atoms with Gasteiger partial charge < -0.3 is 18.9 Å². The van der Waals surface area contributed by atoms with E-state index in [1.54, 1.807) is 31.7 Å². The van der Waals surface area contributed by atoms with Gasteiger partial charge in [-0.2, -0.15) is 0 Å². The zero-order valence-corrected chi connectivity index (χ0v) is 13.9. The number of nitrogens with zero attached hydrogens (tertiary/aromatic N) is 1. The highest BCUT2D eigenvalue weighted by Crippen LogP contribution is 2.33. The summed E-state index contributed by atoms with van der Waals surface area (Å²) >= 11 is 1.30. The molecule has 1 aliphatic rings. The molecule has 1 fully saturated rings. The summed E-state index contributed by atoms with van der Waals surface area (Å²) in [6.45, 7) is 0.269. The van der Waals surface area contributed by atoms with Gasteiger partial charge >= 0.3 is 11.9 Å². The first kappa shape index (κ1) is 16.3. The van der Waals surface area contributed by atoms with Crippen molar-refractivity contribution in [2.24, 2.45) is 0 Å². The smallest absolute Gasteiger partial charge is 0.358 e. The zero-order chi connectivity index (χ0) is 17.1. The van der Waals surface area contributed by atoms with Gasteiger partial charge in [-0.3, -0.25) is 0 Å². The molecule has 126 valence electrons. The summed E-state index contributed by atoms with van der Waals surface area (Å²) in [6, 6.07) is 5.37. The standard InChI is InChI=1S/C16H15NO6S/c1-20-11-4-3-9(7-13(11)21-2)14-17-10(8-24-14)15(18)23-12-5-6-22-16(12)19/h3-4,7-8,12H,5-6H2,1-2H3. The maximum Gasteiger partial charge on any atom is 0.358 e. The van der Waals surface area contributed by atoms with Crippen molar-refractivity contribution in [3.8, 4) is 22.1 Å². The lowest BCUT2D eigenvalue weighted by Crippen LogP contribution is -2.22. The van der Waals surface area contributed by atoms with E-state index in [1.165, 1.54) is 11.3 Å². The number of carbonyl (C=O) groups excluding carboxylic acids is 2. The number of thiazole rings is 1. The van der Waals surface area contributed by atoms with Crippen LogP contribution < -0.4 is 9.47 Å². The Kier molecular flexibility index (Phi) is 4.66. The topological polar surface area (TPSA) is 84.0 Å². The highest BCUT2D eigenvalue weighted by Gasteiger charge is 2.31. The Morgan fingerprint density at radius 3 is 2.75 bits per heavy atom. The van der Waals surface area contributed by atoms with E-state index < -0.39 is 18.0 Å². The molecule has 3 rings (SSSR count). The SMILES string of the molecule is COc1ccc(-c2nc(C(=O)OC3CCOC3=O)cs2)cc1OC. The van der Waals surface area contributed by atoms with Crippen LogP contribution in [0, 0.1) is 0 Å². The lowest BCUT2D eigenvalue weighted by atomic mass is 10.2. The van der Waals surface area contributed by atoms with E-state index in [4.69, 9.17) is 18.9 Å². The summed E-state index contributed by atoms with van der Waals surface area (Å²) in [5, 5.41) is 2.23. The van der Waals surface area contributed by atoms with Crippen LogP contribution in [0.15, 0.2) is 23.6 Å². The number of aromatic nitrogens is 1. The lowest BCUT2D eigenvalue weighted by Gasteiger charge is -2.08. The third kappa shape index (κ3) is 3.18. The van der Waals surface area contributed by atoms with Crippen LogP contribution in [-0.4, -0.2) is 43.9 Å². The van der Waals surface area contributed by atoms with Crippen molar-refractivity contribution < 1.29 is 28.5 Å². The minimum atomic E-state index is -0.844. The number of ether oxygens (including phenoxy) is 4. The molecule has 0 radical (unpaired) electrons. The first-order chi connectivity index (χ1) is 11.6. The predicted molar refractivity (Wildman–Crippen MR) is 85.4 cm³/mol. The fourth-order valence-electron chi connectivity index (χ4n) is 2.24. The van der Waals surface area contributed by atoms with Crippen LogP contribution in [0.5, 0.6) is 11.5 Å². The molecule has 1 saturated heterocycles. The van der Waals surface area contributed by atoms with E-state index in [-0.39, 0.29) is 12.3 Å². The number of hydrogen-bond acceptors (Lipinski definition) is 8. The summed E-state index contributed by atoms with van der Waals surface area (Å²) in [4.78, 5) is 27.7. The Morgan fingerprint density at radius 2 is 2.08 bits per heavy atom. The summed E-state index contributed by atoms with van der Waals surface area (Å²) in [7, 11) is 3.11. The van der Waals surface area contributed by atoms with Crippen LogP contribution >= 0.6 is 11.3 Å². The van der Waals surface area contributed by atoms with Crippen LogP contribution in [0.4, 0.5) is 0 Å². The second-order valence-corrected chi connectivity index (χ2v) is 5.82. The Balaban J connectivity index is 1.77. The Labute approximate surface area is 142 Å². The highest BCUT2D eigenvalue weighted by molar-refractivity contribution is 7.13. The average molecular weight is 349 g/mol. The second kappa shape index (κ2) is 6.88. The predicted octanol–water partition coefficient (Wildman–Crippen LogP) is 2.30. The van der Waals surface area contributed by atoms with Gasteiger partial charge in [0, 0.05) is 17.4 Å². The van der Waals surface area contributed by atoms with Crippen LogP contribution in [-0.2, 0) is 14.3 Å². The van der Waals surface area contributed by atoms with E-state index in [2.05, 4.69) is 4.98 Å². The summed E-state index contributed by atoms with van der Waals surface area (Å²) in [5.74, 6) is 0.0285. The van der Waals surface area contributed by atoms with Crippen molar-refractivity contribution >= 4 is 23.3 Å². The van der Waals surface area contributed by atoms with Crippen LogP contribution in [0.2, 0.25) is 0 Å². The number of rotatable bonds is 5. The minimum Gasteiger partial charge on any atom is -0.493 e. The van der Waals surface area contributed by atoms with Gasteiger partial charge in [0.1, 0.15) is 5.01 Å². The molecule has 2 aromatic rings. The molecule has 0 amide bonds. The maximum absolute atomic E-state index is 12.1. The molecular formula is C16H15NO6S. The molecule has 0 spiro atoms. The van der Waals surface area contributed by atoms with Crippen LogP contribution in [0.25, 0.3) is 10.6 Å². The lowest BCUT2D eigenvalue weighted by molar-refractivity contribution is -0.145. The average Bonchev–Trinajstić information content (AvgIpc) is 3.24. The number of esters is 2. The Hall–Kier alpha value is -2.61. The quantitative estimate of drug-likeness (QED) is 0.766. The van der Waals surface area contributed by atoms with Gasteiger partial charge in [-0.15, -0.1) is 11.3 Å². The largest absolute Gasteiger partial charge is 0.493 e. The molecule has 0 N–H and O–H groups in total. The molecule has 7 nitrogen and oxygen atoms in total. The van der Waals surface area contributed by atoms with Gasteiger partial charge in [0.25, 0.3) is 0 Å². The molecule has 1 aromatic heterocycles. The van der Waals surface area contributed by atoms with Crippen LogP contribution in [0.3, 0.4) is 0 Å². The first-order valence-corrected chi connectivity index (χ1v) is 8.06. The van der Waals surface area contributed by atoms with Gasteiger partial charge in [0.2, 0.25) is 6.10 Å². The maximum atomic E-state index is 12.1. The molecule has 8 heteroatoms. The molecule has 1 aliphatic heterocycles. The van der Waals surface area contributed by atoms with Gasteiger partial charge in [0.05, 0.1) is 20.8 Å². The molecule has 1 atom stereocenters. The third-order valence-corrected chi connectivity index (χ3v) is 4.37. The summed E-state index contributed by atoms with van der Waals surface area (Å²) in [5.41, 5.74) is 0.946. The normalized spacial score (nSPS) is 16.6. The molecular weight excluding hydrogens is 334 g/mol. The number of cyclic esters (lactones) is 1. The molecule has 24 heavy (non-hydrogen) atoms. The van der Waals surface area contributed by atoms with Crippen molar-refractivity contribution in [2.75, 3.05) is 20.8 Å². The Morgan fingerprint density at radius 1 is 1.29 bits per heavy atom. The van der Waals surface area contributed by atoms with Crippen LogP contribution in [0.1, 0.15) is 16.9 Å². The van der Waals surface area contributed by atoms with Crippen molar-refractivity contribution in [3.05, 3.63) is 29.3 Å². The molecule has 0 bridgehead atoms. The van der Waals surface area contributed by atoms with Gasteiger partial charge in [0.15, 0.2) is 17.2 Å². The van der Waals surface area contributed by atoms with Crippen molar-refractivity contribution in [1.29, 1.82) is 0 Å². The molecule has 0 aliphatic carbocycles. The van der Waals surface area contributed by atoms with Crippen molar-refractivity contribution in [3.63, 3.8) is 0 Å². The molecule has 0 saturated carbocycles. The van der Waals surface area contributed by atoms with E-state index in [0.29, 0.717) is 22.9 Å². The van der Waals surface area contributed by atoms with Gasteiger partial charge in [-0.05, 0) is 18.2 Å². The third-order valence-electron chi connectivity index (χ3n) is 3.48. The fraction of sp³-hybridized carbons (Fsp3) is 0.312. The zero-order valence-electron chi connectivity index (χ0n) is 13.1. The number of methoxy groups -OCH3 is 2. The summed E-state index contributed by atoms with van der Waals surface area (Å²) in [6.07, 6.45) is -0.471. The molecule has 2 heterocycles.